The number of ether oxygens (including phenoxy) is 3. The summed E-state index contributed by atoms with van der Waals surface area (Å²) in [6.07, 6.45) is 4.15. The van der Waals surface area contributed by atoms with Crippen LogP contribution in [0.4, 0.5) is 5.69 Å². The summed E-state index contributed by atoms with van der Waals surface area (Å²) >= 11 is 0. The molecule has 0 saturated carbocycles. The normalized spacial score (nSPS) is 14.9. The SMILES string of the molecule is COc1cc(NC(=O)C2CCN(S(=O)(=O)c3c(C)noc3/C=C/c3ccc(C)cc3)CC2)cc(OC)c1OC. The van der Waals surface area contributed by atoms with Gasteiger partial charge in [0.1, 0.15) is 5.69 Å². The molecule has 11 heteroatoms. The van der Waals surface area contributed by atoms with E-state index in [0.29, 0.717) is 41.5 Å². The Bertz CT molecular complexity index is 1430. The van der Waals surface area contributed by atoms with E-state index >= 15 is 0 Å². The van der Waals surface area contributed by atoms with Crippen LogP contribution in [0, 0.1) is 19.8 Å². The van der Waals surface area contributed by atoms with Crippen LogP contribution >= 0.6 is 0 Å². The molecule has 0 unspecified atom stereocenters. The van der Waals surface area contributed by atoms with Gasteiger partial charge in [-0.25, -0.2) is 8.42 Å². The lowest BCUT2D eigenvalue weighted by atomic mass is 9.97. The topological polar surface area (TPSA) is 120 Å². The lowest BCUT2D eigenvalue weighted by Crippen LogP contribution is -2.41. The molecule has 1 aliphatic rings. The highest BCUT2D eigenvalue weighted by Crippen LogP contribution is 2.40. The van der Waals surface area contributed by atoms with Gasteiger partial charge in [0.05, 0.1) is 21.3 Å². The standard InChI is InChI=1S/C28H33N3O7S/c1-18-6-8-20(9-7-18)10-11-23-27(19(2)30-38-23)39(33,34)31-14-12-21(13-15-31)28(32)29-22-16-24(35-3)26(37-5)25(17-22)36-4/h6-11,16-17,21H,12-15H2,1-5H3,(H,29,32)/b11-10+. The van der Waals surface area contributed by atoms with Crippen molar-refractivity contribution in [2.45, 2.75) is 31.6 Å². The predicted octanol–water partition coefficient (Wildman–Crippen LogP) is 4.53. The van der Waals surface area contributed by atoms with Gasteiger partial charge in [0, 0.05) is 36.8 Å². The summed E-state index contributed by atoms with van der Waals surface area (Å²) < 4.78 is 49.9. The van der Waals surface area contributed by atoms with Crippen molar-refractivity contribution in [2.24, 2.45) is 5.92 Å². The van der Waals surface area contributed by atoms with E-state index in [1.807, 2.05) is 31.2 Å². The molecule has 208 valence electrons. The lowest BCUT2D eigenvalue weighted by molar-refractivity contribution is -0.120. The van der Waals surface area contributed by atoms with Crippen LogP contribution < -0.4 is 19.5 Å². The van der Waals surface area contributed by atoms with Crippen LogP contribution in [0.3, 0.4) is 0 Å². The van der Waals surface area contributed by atoms with Crippen LogP contribution in [0.2, 0.25) is 0 Å². The van der Waals surface area contributed by atoms with Gasteiger partial charge in [-0.15, -0.1) is 0 Å². The van der Waals surface area contributed by atoms with E-state index in [1.165, 1.54) is 25.6 Å². The second-order valence-electron chi connectivity index (χ2n) is 9.29. The van der Waals surface area contributed by atoms with Gasteiger partial charge in [-0.3, -0.25) is 4.79 Å². The zero-order chi connectivity index (χ0) is 28.2. The highest BCUT2D eigenvalue weighted by molar-refractivity contribution is 7.89. The molecule has 0 bridgehead atoms. The number of aromatic nitrogens is 1. The maximum Gasteiger partial charge on any atom is 0.248 e. The number of nitrogens with zero attached hydrogens (tertiary/aromatic N) is 2. The van der Waals surface area contributed by atoms with Crippen LogP contribution in [-0.2, 0) is 14.8 Å². The number of aryl methyl sites for hydroxylation is 2. The molecule has 1 N–H and O–H groups in total. The minimum atomic E-state index is -3.88. The molecule has 1 saturated heterocycles. The maximum atomic E-state index is 13.6. The Morgan fingerprint density at radius 2 is 1.62 bits per heavy atom. The average molecular weight is 556 g/mol. The Balaban J connectivity index is 1.44. The van der Waals surface area contributed by atoms with Crippen molar-refractivity contribution in [1.82, 2.24) is 9.46 Å². The molecule has 2 aromatic carbocycles. The first-order valence-corrected chi connectivity index (χ1v) is 13.9. The van der Waals surface area contributed by atoms with Crippen LogP contribution in [0.5, 0.6) is 17.2 Å². The molecule has 4 rings (SSSR count). The Hall–Kier alpha value is -3.83. The third kappa shape index (κ3) is 6.10. The number of carbonyl (C=O) groups is 1. The van der Waals surface area contributed by atoms with Gasteiger partial charge in [-0.05, 0) is 38.3 Å². The van der Waals surface area contributed by atoms with E-state index in [4.69, 9.17) is 18.7 Å². The second kappa shape index (κ2) is 11.9. The quantitative estimate of drug-likeness (QED) is 0.409. The van der Waals surface area contributed by atoms with Crippen molar-refractivity contribution < 1.29 is 31.9 Å². The first-order valence-electron chi connectivity index (χ1n) is 12.5. The summed E-state index contributed by atoms with van der Waals surface area (Å²) in [5, 5.41) is 6.80. The van der Waals surface area contributed by atoms with Gasteiger partial charge in [0.2, 0.25) is 21.7 Å². The Morgan fingerprint density at radius 1 is 1.00 bits per heavy atom. The monoisotopic (exact) mass is 555 g/mol. The first-order chi connectivity index (χ1) is 18.7. The molecule has 1 aliphatic heterocycles. The molecule has 3 aromatic rings. The van der Waals surface area contributed by atoms with Crippen LogP contribution in [0.25, 0.3) is 12.2 Å². The molecule has 0 spiro atoms. The number of rotatable bonds is 9. The average Bonchev–Trinajstić information content (AvgIpc) is 3.33. The summed E-state index contributed by atoms with van der Waals surface area (Å²) in [6, 6.07) is 11.1. The van der Waals surface area contributed by atoms with Gasteiger partial charge < -0.3 is 24.1 Å². The highest BCUT2D eigenvalue weighted by Gasteiger charge is 2.36. The van der Waals surface area contributed by atoms with Crippen LogP contribution in [0.1, 0.15) is 35.4 Å². The molecule has 0 radical (unpaired) electrons. The van der Waals surface area contributed by atoms with Gasteiger partial charge in [-0.1, -0.05) is 41.1 Å². The summed E-state index contributed by atoms with van der Waals surface area (Å²) in [7, 11) is 0.627. The van der Waals surface area contributed by atoms with Gasteiger partial charge >= 0.3 is 0 Å². The number of nitrogens with one attached hydrogen (secondary N) is 1. The largest absolute Gasteiger partial charge is 0.493 e. The molecular weight excluding hydrogens is 522 g/mol. The van der Waals surface area contributed by atoms with Crippen molar-refractivity contribution in [3.63, 3.8) is 0 Å². The Labute approximate surface area is 228 Å². The smallest absolute Gasteiger partial charge is 0.248 e. The molecule has 1 fully saturated rings. The van der Waals surface area contributed by atoms with Crippen molar-refractivity contribution in [3.8, 4) is 17.2 Å². The number of sulfonamides is 1. The number of hydrogen-bond acceptors (Lipinski definition) is 8. The molecule has 1 amide bonds. The van der Waals surface area contributed by atoms with Crippen molar-refractivity contribution >= 4 is 33.8 Å². The molecule has 0 atom stereocenters. The minimum absolute atomic E-state index is 0.0474. The lowest BCUT2D eigenvalue weighted by Gasteiger charge is -2.30. The number of benzene rings is 2. The molecule has 10 nitrogen and oxygen atoms in total. The summed E-state index contributed by atoms with van der Waals surface area (Å²) in [6.45, 7) is 4.00. The number of carbonyl (C=O) groups excluding carboxylic acids is 1. The van der Waals surface area contributed by atoms with Crippen molar-refractivity contribution in [3.05, 3.63) is 59.0 Å². The zero-order valence-corrected chi connectivity index (χ0v) is 23.5. The number of anilines is 1. The summed E-state index contributed by atoms with van der Waals surface area (Å²) in [5.41, 5.74) is 2.83. The summed E-state index contributed by atoms with van der Waals surface area (Å²) in [5.74, 6) is 0.877. The van der Waals surface area contributed by atoms with Crippen molar-refractivity contribution in [2.75, 3.05) is 39.7 Å². The number of methoxy groups -OCH3 is 3. The molecule has 2 heterocycles. The van der Waals surface area contributed by atoms with E-state index < -0.39 is 10.0 Å². The molecule has 39 heavy (non-hydrogen) atoms. The van der Waals surface area contributed by atoms with Gasteiger partial charge in [0.25, 0.3) is 0 Å². The van der Waals surface area contributed by atoms with Crippen LogP contribution in [-0.4, -0.2) is 58.2 Å². The van der Waals surface area contributed by atoms with Crippen LogP contribution in [0.15, 0.2) is 45.8 Å². The molecular formula is C28H33N3O7S. The summed E-state index contributed by atoms with van der Waals surface area (Å²) in [4.78, 5) is 13.1. The fourth-order valence-corrected chi connectivity index (χ4v) is 6.25. The fraction of sp³-hybridized carbons (Fsp3) is 0.357. The van der Waals surface area contributed by atoms with E-state index in [0.717, 1.165) is 11.1 Å². The zero-order valence-electron chi connectivity index (χ0n) is 22.7. The van der Waals surface area contributed by atoms with E-state index in [2.05, 4.69) is 10.5 Å². The van der Waals surface area contributed by atoms with E-state index in [-0.39, 0.29) is 35.6 Å². The maximum absolute atomic E-state index is 13.6. The third-order valence-corrected chi connectivity index (χ3v) is 8.75. The molecule has 0 aliphatic carbocycles. The number of hydrogen-bond donors (Lipinski definition) is 1. The van der Waals surface area contributed by atoms with E-state index in [9.17, 15) is 13.2 Å². The van der Waals surface area contributed by atoms with E-state index in [1.54, 1.807) is 31.2 Å². The predicted molar refractivity (Wildman–Crippen MR) is 148 cm³/mol. The number of amides is 1. The highest BCUT2D eigenvalue weighted by atomic mass is 32.2. The third-order valence-electron chi connectivity index (χ3n) is 6.69. The van der Waals surface area contributed by atoms with Gasteiger partial charge in [0.15, 0.2) is 22.2 Å². The van der Waals surface area contributed by atoms with Gasteiger partial charge in [-0.2, -0.15) is 4.31 Å². The van der Waals surface area contributed by atoms with Crippen molar-refractivity contribution in [1.29, 1.82) is 0 Å². The Kier molecular flexibility index (Phi) is 8.61. The second-order valence-corrected chi connectivity index (χ2v) is 11.2. The Morgan fingerprint density at radius 3 is 2.18 bits per heavy atom. The number of piperidine rings is 1. The first kappa shape index (κ1) is 28.2. The molecule has 1 aromatic heterocycles. The minimum Gasteiger partial charge on any atom is -0.493 e. The fourth-order valence-electron chi connectivity index (χ4n) is 4.53.